The zero-order valence-electron chi connectivity index (χ0n) is 16.9. The van der Waals surface area contributed by atoms with Gasteiger partial charge in [0.2, 0.25) is 11.8 Å². The van der Waals surface area contributed by atoms with E-state index in [1.54, 1.807) is 11.8 Å². The van der Waals surface area contributed by atoms with Gasteiger partial charge in [-0.2, -0.15) is 11.8 Å². The average molecular weight is 415 g/mol. The fourth-order valence-electron chi connectivity index (χ4n) is 4.43. The normalized spacial score (nSPS) is 26.4. The highest BCUT2D eigenvalue weighted by molar-refractivity contribution is 7.98. The largest absolute Gasteiger partial charge is 0.480 e. The zero-order chi connectivity index (χ0) is 20.7. The van der Waals surface area contributed by atoms with Crippen molar-refractivity contribution in [1.82, 2.24) is 15.1 Å². The van der Waals surface area contributed by atoms with Crippen LogP contribution >= 0.6 is 11.8 Å². The average Bonchev–Trinajstić information content (AvgIpc) is 3.31. The number of thioether (sulfide) groups is 1. The number of carboxylic acids is 1. The molecule has 2 saturated heterocycles. The van der Waals surface area contributed by atoms with Crippen molar-refractivity contribution in [1.29, 1.82) is 0 Å². The standard InChI is InChI=1S/C19H34N4O4S/c1-3-13-6-9-22(12-14-5-4-8-23(14)16(24)11-20)17(13)18(25)21-15(19(26)27)7-10-28-2/h13-15,17H,3-12,20H2,1-2H3,(H,21,25)(H,26,27)/t13-,14-,15?,17?/m0/s1. The van der Waals surface area contributed by atoms with E-state index in [9.17, 15) is 19.5 Å². The molecule has 0 aromatic heterocycles. The molecule has 2 amide bonds. The molecule has 9 heteroatoms. The number of nitrogens with one attached hydrogen (secondary N) is 1. The minimum absolute atomic E-state index is 0.00767. The van der Waals surface area contributed by atoms with E-state index in [0.717, 1.165) is 38.8 Å². The van der Waals surface area contributed by atoms with Gasteiger partial charge >= 0.3 is 5.97 Å². The van der Waals surface area contributed by atoms with Crippen molar-refractivity contribution < 1.29 is 19.5 Å². The third-order valence-corrected chi connectivity index (χ3v) is 6.61. The van der Waals surface area contributed by atoms with E-state index in [2.05, 4.69) is 17.1 Å². The van der Waals surface area contributed by atoms with Gasteiger partial charge in [-0.1, -0.05) is 13.3 Å². The number of hydrogen-bond donors (Lipinski definition) is 3. The maximum Gasteiger partial charge on any atom is 0.326 e. The third kappa shape index (κ3) is 5.61. The SMILES string of the molecule is CC[C@H]1CCN(C[C@@H]2CCCN2C(=O)CN)C1C(=O)NC(CCSC)C(=O)O. The van der Waals surface area contributed by atoms with E-state index in [4.69, 9.17) is 5.73 Å². The third-order valence-electron chi connectivity index (χ3n) is 5.96. The number of nitrogens with two attached hydrogens (primary N) is 1. The molecular formula is C19H34N4O4S. The molecule has 4 atom stereocenters. The highest BCUT2D eigenvalue weighted by Gasteiger charge is 2.41. The van der Waals surface area contributed by atoms with Crippen molar-refractivity contribution in [3.05, 3.63) is 0 Å². The Bertz CT molecular complexity index is 562. The number of aliphatic carboxylic acids is 1. The first kappa shape index (κ1) is 23.0. The number of hydrogen-bond acceptors (Lipinski definition) is 6. The van der Waals surface area contributed by atoms with Crippen molar-refractivity contribution in [3.63, 3.8) is 0 Å². The molecule has 0 saturated carbocycles. The molecule has 0 radical (unpaired) electrons. The number of carbonyl (C=O) groups is 3. The first-order valence-corrected chi connectivity index (χ1v) is 11.6. The molecule has 0 aliphatic carbocycles. The number of amides is 2. The van der Waals surface area contributed by atoms with Gasteiger partial charge in [0.05, 0.1) is 12.6 Å². The minimum atomic E-state index is -0.990. The molecule has 4 N–H and O–H groups in total. The Kier molecular flexibility index (Phi) is 9.04. The summed E-state index contributed by atoms with van der Waals surface area (Å²) >= 11 is 1.57. The molecule has 0 aromatic carbocycles. The molecule has 8 nitrogen and oxygen atoms in total. The van der Waals surface area contributed by atoms with Crippen LogP contribution in [0.1, 0.15) is 39.0 Å². The predicted octanol–water partition coefficient (Wildman–Crippen LogP) is 0.359. The van der Waals surface area contributed by atoms with Crippen LogP contribution < -0.4 is 11.1 Å². The van der Waals surface area contributed by atoms with Crippen LogP contribution in [-0.2, 0) is 14.4 Å². The smallest absolute Gasteiger partial charge is 0.326 e. The molecule has 2 rings (SSSR count). The number of carboxylic acid groups (broad SMARTS) is 1. The van der Waals surface area contributed by atoms with Gasteiger partial charge in [-0.3, -0.25) is 14.5 Å². The summed E-state index contributed by atoms with van der Waals surface area (Å²) in [6.07, 6.45) is 5.98. The van der Waals surface area contributed by atoms with Crippen LogP contribution in [0, 0.1) is 5.92 Å². The molecule has 160 valence electrons. The van der Waals surface area contributed by atoms with Crippen LogP contribution in [0.25, 0.3) is 0 Å². The van der Waals surface area contributed by atoms with Crippen molar-refractivity contribution in [2.75, 3.05) is 38.2 Å². The van der Waals surface area contributed by atoms with Gasteiger partial charge in [0.1, 0.15) is 6.04 Å². The molecule has 2 fully saturated rings. The summed E-state index contributed by atoms with van der Waals surface area (Å²) in [4.78, 5) is 40.6. The minimum Gasteiger partial charge on any atom is -0.480 e. The summed E-state index contributed by atoms with van der Waals surface area (Å²) in [5.41, 5.74) is 5.54. The summed E-state index contributed by atoms with van der Waals surface area (Å²) in [5.74, 6) is -0.350. The van der Waals surface area contributed by atoms with Crippen LogP contribution in [0.5, 0.6) is 0 Å². The van der Waals surface area contributed by atoms with Gasteiger partial charge < -0.3 is 21.1 Å². The van der Waals surface area contributed by atoms with E-state index < -0.39 is 12.0 Å². The molecular weight excluding hydrogens is 380 g/mol. The summed E-state index contributed by atoms with van der Waals surface area (Å²) < 4.78 is 0. The number of rotatable bonds is 10. The predicted molar refractivity (Wildman–Crippen MR) is 110 cm³/mol. The summed E-state index contributed by atoms with van der Waals surface area (Å²) in [6, 6.07) is -1.12. The monoisotopic (exact) mass is 414 g/mol. The number of nitrogens with zero attached hydrogens (tertiary/aromatic N) is 2. The van der Waals surface area contributed by atoms with Gasteiger partial charge in [-0.05, 0) is 50.2 Å². The molecule has 2 unspecified atom stereocenters. The summed E-state index contributed by atoms with van der Waals surface area (Å²) in [6.45, 7) is 4.23. The lowest BCUT2D eigenvalue weighted by Crippen LogP contribution is -2.54. The Labute approximate surface area is 171 Å². The van der Waals surface area contributed by atoms with Crippen molar-refractivity contribution in [2.24, 2.45) is 11.7 Å². The van der Waals surface area contributed by atoms with Gasteiger partial charge in [0, 0.05) is 19.1 Å². The lowest BCUT2D eigenvalue weighted by molar-refractivity contribution is -0.143. The van der Waals surface area contributed by atoms with E-state index in [1.807, 2.05) is 11.2 Å². The lowest BCUT2D eigenvalue weighted by Gasteiger charge is -2.33. The second-order valence-corrected chi connectivity index (χ2v) is 8.65. The summed E-state index contributed by atoms with van der Waals surface area (Å²) in [5, 5.41) is 12.2. The van der Waals surface area contributed by atoms with Crippen molar-refractivity contribution in [3.8, 4) is 0 Å². The maximum atomic E-state index is 13.0. The molecule has 0 aromatic rings. The Morgan fingerprint density at radius 2 is 2.04 bits per heavy atom. The molecule has 2 aliphatic heterocycles. The Hall–Kier alpha value is -1.32. The van der Waals surface area contributed by atoms with Crippen molar-refractivity contribution >= 4 is 29.5 Å². The van der Waals surface area contributed by atoms with E-state index in [0.29, 0.717) is 18.7 Å². The second kappa shape index (κ2) is 11.0. The van der Waals surface area contributed by atoms with Crippen LogP contribution in [0.2, 0.25) is 0 Å². The molecule has 0 bridgehead atoms. The van der Waals surface area contributed by atoms with E-state index >= 15 is 0 Å². The quantitative estimate of drug-likeness (QED) is 0.473. The van der Waals surface area contributed by atoms with Crippen LogP contribution in [0.3, 0.4) is 0 Å². The molecule has 2 aliphatic rings. The first-order chi connectivity index (χ1) is 13.4. The zero-order valence-corrected chi connectivity index (χ0v) is 17.7. The van der Waals surface area contributed by atoms with Crippen LogP contribution in [0.15, 0.2) is 0 Å². The van der Waals surface area contributed by atoms with Gasteiger partial charge in [-0.15, -0.1) is 0 Å². The fraction of sp³-hybridized carbons (Fsp3) is 0.842. The topological polar surface area (TPSA) is 116 Å². The highest BCUT2D eigenvalue weighted by atomic mass is 32.2. The lowest BCUT2D eigenvalue weighted by atomic mass is 9.96. The second-order valence-electron chi connectivity index (χ2n) is 7.66. The highest BCUT2D eigenvalue weighted by Crippen LogP contribution is 2.30. The van der Waals surface area contributed by atoms with Crippen LogP contribution in [0.4, 0.5) is 0 Å². The molecule has 2 heterocycles. The number of likely N-dealkylation sites (tertiary alicyclic amines) is 2. The Balaban J connectivity index is 2.06. The Morgan fingerprint density at radius 3 is 2.64 bits per heavy atom. The van der Waals surface area contributed by atoms with E-state index in [1.165, 1.54) is 0 Å². The van der Waals surface area contributed by atoms with Gasteiger partial charge in [0.25, 0.3) is 0 Å². The van der Waals surface area contributed by atoms with Gasteiger partial charge in [-0.25, -0.2) is 4.79 Å². The van der Waals surface area contributed by atoms with Crippen LogP contribution in [-0.4, -0.2) is 89.0 Å². The number of carbonyl (C=O) groups excluding carboxylic acids is 2. The summed E-state index contributed by atoms with van der Waals surface area (Å²) in [7, 11) is 0. The molecule has 0 spiro atoms. The van der Waals surface area contributed by atoms with Gasteiger partial charge in [0.15, 0.2) is 0 Å². The fourth-order valence-corrected chi connectivity index (χ4v) is 4.90. The molecule has 28 heavy (non-hydrogen) atoms. The van der Waals surface area contributed by atoms with Crippen molar-refractivity contribution in [2.45, 2.75) is 57.2 Å². The Morgan fingerprint density at radius 1 is 1.29 bits per heavy atom. The first-order valence-electron chi connectivity index (χ1n) is 10.2. The van der Waals surface area contributed by atoms with E-state index in [-0.39, 0.29) is 36.4 Å². The maximum absolute atomic E-state index is 13.0.